The number of fused-ring (bicyclic) bond motifs is 7. The van der Waals surface area contributed by atoms with E-state index in [0.29, 0.717) is 17.5 Å². The van der Waals surface area contributed by atoms with E-state index < -0.39 is 0 Å². The zero-order valence-electron chi connectivity index (χ0n) is 25.6. The minimum Gasteiger partial charge on any atom is -0.456 e. The molecular formula is C43H25N3O2. The predicted octanol–water partition coefficient (Wildman–Crippen LogP) is 11.5. The second-order valence-corrected chi connectivity index (χ2v) is 12.0. The Bertz CT molecular complexity index is 2850. The smallest absolute Gasteiger partial charge is 0.164 e. The third-order valence-corrected chi connectivity index (χ3v) is 9.16. The van der Waals surface area contributed by atoms with Crippen molar-refractivity contribution in [2.75, 3.05) is 0 Å². The molecule has 0 aliphatic rings. The summed E-state index contributed by atoms with van der Waals surface area (Å²) in [6.45, 7) is 0. The quantitative estimate of drug-likeness (QED) is 0.197. The number of para-hydroxylation sites is 2. The average Bonchev–Trinajstić information content (AvgIpc) is 3.73. The lowest BCUT2D eigenvalue weighted by molar-refractivity contribution is 0.668. The molecule has 7 aromatic carbocycles. The normalized spacial score (nSPS) is 11.8. The van der Waals surface area contributed by atoms with E-state index in [1.807, 2.05) is 78.9 Å². The molecule has 3 heterocycles. The van der Waals surface area contributed by atoms with Gasteiger partial charge in [-0.2, -0.15) is 0 Å². The average molecular weight is 616 g/mol. The largest absolute Gasteiger partial charge is 0.456 e. The molecule has 0 spiro atoms. The van der Waals surface area contributed by atoms with Crippen LogP contribution in [0.2, 0.25) is 0 Å². The van der Waals surface area contributed by atoms with E-state index in [1.54, 1.807) is 0 Å². The molecule has 0 radical (unpaired) electrons. The Hall–Kier alpha value is -6.59. The highest BCUT2D eigenvalue weighted by molar-refractivity contribution is 6.16. The van der Waals surface area contributed by atoms with Gasteiger partial charge in [0.2, 0.25) is 0 Å². The first-order chi connectivity index (χ1) is 23.8. The molecule has 0 saturated heterocycles. The van der Waals surface area contributed by atoms with Gasteiger partial charge >= 0.3 is 0 Å². The minimum absolute atomic E-state index is 0.605. The van der Waals surface area contributed by atoms with E-state index in [-0.39, 0.29) is 0 Å². The van der Waals surface area contributed by atoms with Crippen LogP contribution in [0.25, 0.3) is 99.9 Å². The van der Waals surface area contributed by atoms with Gasteiger partial charge in [-0.3, -0.25) is 0 Å². The SMILES string of the molecule is c1ccc(-c2nc(-c3ccc4oc5ccccc5c4c3)nc(-c3ccc(-c4cccc5oc6ccccc6c45)c4ccccc34)n2)cc1. The maximum Gasteiger partial charge on any atom is 0.164 e. The first-order valence-corrected chi connectivity index (χ1v) is 15.9. The minimum atomic E-state index is 0.605. The van der Waals surface area contributed by atoms with Crippen molar-refractivity contribution in [2.45, 2.75) is 0 Å². The second kappa shape index (κ2) is 10.5. The lowest BCUT2D eigenvalue weighted by Crippen LogP contribution is -2.00. The van der Waals surface area contributed by atoms with Crippen LogP contribution in [0.4, 0.5) is 0 Å². The van der Waals surface area contributed by atoms with E-state index in [0.717, 1.165) is 82.5 Å². The molecule has 224 valence electrons. The van der Waals surface area contributed by atoms with E-state index in [1.165, 1.54) is 0 Å². The van der Waals surface area contributed by atoms with Crippen LogP contribution in [-0.2, 0) is 0 Å². The van der Waals surface area contributed by atoms with Crippen LogP contribution in [0.15, 0.2) is 160 Å². The number of hydrogen-bond donors (Lipinski definition) is 0. The number of furan rings is 2. The third kappa shape index (κ3) is 4.15. The number of benzene rings is 7. The highest BCUT2D eigenvalue weighted by Gasteiger charge is 2.19. The lowest BCUT2D eigenvalue weighted by Gasteiger charge is -2.13. The zero-order chi connectivity index (χ0) is 31.6. The van der Waals surface area contributed by atoms with Gasteiger partial charge in [0.1, 0.15) is 22.3 Å². The predicted molar refractivity (Wildman–Crippen MR) is 194 cm³/mol. The number of rotatable bonds is 4. The topological polar surface area (TPSA) is 65.0 Å². The van der Waals surface area contributed by atoms with Gasteiger partial charge in [-0.05, 0) is 64.4 Å². The van der Waals surface area contributed by atoms with Crippen molar-refractivity contribution in [2.24, 2.45) is 0 Å². The summed E-state index contributed by atoms with van der Waals surface area (Å²) in [6, 6.07) is 51.6. The summed E-state index contributed by atoms with van der Waals surface area (Å²) < 4.78 is 12.4. The number of hydrogen-bond acceptors (Lipinski definition) is 5. The molecule has 10 rings (SSSR count). The number of aromatic nitrogens is 3. The highest BCUT2D eigenvalue weighted by atomic mass is 16.3. The number of nitrogens with zero attached hydrogens (tertiary/aromatic N) is 3. The van der Waals surface area contributed by atoms with Gasteiger partial charge in [0.15, 0.2) is 17.5 Å². The van der Waals surface area contributed by atoms with Crippen LogP contribution in [0.5, 0.6) is 0 Å². The molecule has 5 nitrogen and oxygen atoms in total. The highest BCUT2D eigenvalue weighted by Crippen LogP contribution is 2.41. The standard InChI is InChI=1S/C43H25N3O2/c1-2-11-26(12-3-1)41-44-42(27-21-24-38-35(25-27)31-15-6-8-18-36(31)47-38)46-43(45-41)33-23-22-30(28-13-4-5-14-29(28)33)32-17-10-20-39-40(32)34-16-7-9-19-37(34)48-39/h1-25H. The zero-order valence-corrected chi connectivity index (χ0v) is 25.6. The molecule has 3 aromatic heterocycles. The Morgan fingerprint density at radius 3 is 1.69 bits per heavy atom. The lowest BCUT2D eigenvalue weighted by atomic mass is 9.92. The molecule has 0 saturated carbocycles. The molecule has 0 fully saturated rings. The molecule has 0 amide bonds. The van der Waals surface area contributed by atoms with Gasteiger partial charge in [0.25, 0.3) is 0 Å². The molecule has 10 aromatic rings. The van der Waals surface area contributed by atoms with Gasteiger partial charge in [-0.25, -0.2) is 15.0 Å². The maximum atomic E-state index is 6.24. The summed E-state index contributed by atoms with van der Waals surface area (Å²) in [6.07, 6.45) is 0. The van der Waals surface area contributed by atoms with E-state index in [4.69, 9.17) is 23.8 Å². The van der Waals surface area contributed by atoms with Gasteiger partial charge in [-0.1, -0.05) is 109 Å². The third-order valence-electron chi connectivity index (χ3n) is 9.16. The Balaban J connectivity index is 1.20. The van der Waals surface area contributed by atoms with E-state index in [9.17, 15) is 0 Å². The summed E-state index contributed by atoms with van der Waals surface area (Å²) in [5, 5.41) is 6.49. The first-order valence-electron chi connectivity index (χ1n) is 15.9. The summed E-state index contributed by atoms with van der Waals surface area (Å²) in [5.41, 5.74) is 8.47. The van der Waals surface area contributed by atoms with Crippen molar-refractivity contribution in [1.82, 2.24) is 15.0 Å². The van der Waals surface area contributed by atoms with Crippen LogP contribution >= 0.6 is 0 Å². The Labute approximate surface area is 274 Å². The van der Waals surface area contributed by atoms with Crippen molar-refractivity contribution in [1.29, 1.82) is 0 Å². The Kier molecular flexibility index (Phi) is 5.81. The fraction of sp³-hybridized carbons (Fsp3) is 0. The maximum absolute atomic E-state index is 6.24. The monoisotopic (exact) mass is 615 g/mol. The van der Waals surface area contributed by atoms with Crippen molar-refractivity contribution >= 4 is 54.6 Å². The molecule has 0 aliphatic carbocycles. The van der Waals surface area contributed by atoms with Crippen LogP contribution in [0.3, 0.4) is 0 Å². The molecule has 48 heavy (non-hydrogen) atoms. The Morgan fingerprint density at radius 1 is 0.312 bits per heavy atom. The van der Waals surface area contributed by atoms with Crippen molar-refractivity contribution in [3.63, 3.8) is 0 Å². The summed E-state index contributed by atoms with van der Waals surface area (Å²) in [5.74, 6) is 1.84. The van der Waals surface area contributed by atoms with Crippen LogP contribution in [-0.4, -0.2) is 15.0 Å². The van der Waals surface area contributed by atoms with Crippen molar-refractivity contribution in [3.8, 4) is 45.3 Å². The summed E-state index contributed by atoms with van der Waals surface area (Å²) >= 11 is 0. The molecule has 0 unspecified atom stereocenters. The van der Waals surface area contributed by atoms with Crippen LogP contribution in [0, 0.1) is 0 Å². The fourth-order valence-electron chi connectivity index (χ4n) is 6.93. The second-order valence-electron chi connectivity index (χ2n) is 12.0. The van der Waals surface area contributed by atoms with Crippen molar-refractivity contribution < 1.29 is 8.83 Å². The molecule has 0 bridgehead atoms. The molecule has 0 atom stereocenters. The fourth-order valence-corrected chi connectivity index (χ4v) is 6.93. The van der Waals surface area contributed by atoms with Gasteiger partial charge in [-0.15, -0.1) is 0 Å². The first kappa shape index (κ1) is 26.6. The van der Waals surface area contributed by atoms with Gasteiger partial charge in [0.05, 0.1) is 0 Å². The van der Waals surface area contributed by atoms with E-state index >= 15 is 0 Å². The van der Waals surface area contributed by atoms with Crippen LogP contribution in [0.1, 0.15) is 0 Å². The van der Waals surface area contributed by atoms with Gasteiger partial charge in [0, 0.05) is 38.2 Å². The van der Waals surface area contributed by atoms with Crippen molar-refractivity contribution in [3.05, 3.63) is 152 Å². The summed E-state index contributed by atoms with van der Waals surface area (Å²) in [4.78, 5) is 15.2. The molecule has 0 aliphatic heterocycles. The van der Waals surface area contributed by atoms with E-state index in [2.05, 4.69) is 72.8 Å². The Morgan fingerprint density at radius 2 is 0.875 bits per heavy atom. The van der Waals surface area contributed by atoms with Crippen LogP contribution < -0.4 is 0 Å². The molecule has 0 N–H and O–H groups in total. The molecular weight excluding hydrogens is 590 g/mol. The molecule has 5 heteroatoms. The summed E-state index contributed by atoms with van der Waals surface area (Å²) in [7, 11) is 0. The van der Waals surface area contributed by atoms with Gasteiger partial charge < -0.3 is 8.83 Å².